The quantitative estimate of drug-likeness (QED) is 0.0495. The second-order valence-electron chi connectivity index (χ2n) is 23.5. The number of nitrogens with one attached hydrogen (secondary N) is 2. The van der Waals surface area contributed by atoms with E-state index in [-0.39, 0.29) is 43.8 Å². The van der Waals surface area contributed by atoms with Gasteiger partial charge in [0.05, 0.1) is 64.5 Å². The van der Waals surface area contributed by atoms with Crippen LogP contribution in [-0.4, -0.2) is 103 Å². The van der Waals surface area contributed by atoms with E-state index in [9.17, 15) is 29.1 Å². The third-order valence-electron chi connectivity index (χ3n) is 15.4. The number of carboxylic acids is 2. The monoisotopic (exact) mass is 1220 g/mol. The summed E-state index contributed by atoms with van der Waals surface area (Å²) in [6, 6.07) is 21.6. The molecule has 17 heteroatoms. The van der Waals surface area contributed by atoms with E-state index in [0.717, 1.165) is 88.9 Å². The number of aliphatic carboxylic acids is 2. The lowest BCUT2D eigenvalue weighted by Crippen LogP contribution is -2.37. The maximum atomic E-state index is 12.1. The molecule has 7 rings (SSSR count). The normalized spacial score (nSPS) is 23.1. The molecule has 3 aliphatic rings. The van der Waals surface area contributed by atoms with Gasteiger partial charge in [-0.3, -0.25) is 19.4 Å². The molecule has 458 valence electrons. The Labute approximate surface area is 501 Å². The fourth-order valence-electron chi connectivity index (χ4n) is 10.1. The van der Waals surface area contributed by atoms with Crippen LogP contribution in [0.15, 0.2) is 103 Å². The molecule has 3 aliphatic carbocycles. The molecule has 4 N–H and O–H groups in total. The third kappa shape index (κ3) is 21.5. The number of carbonyl (C=O) groups is 5. The van der Waals surface area contributed by atoms with Crippen LogP contribution in [-0.2, 0) is 42.8 Å². The first kappa shape index (κ1) is 71.1. The summed E-state index contributed by atoms with van der Waals surface area (Å²) in [5.74, 6) is -1.68. The molecular formula is C66H94BrN3O13. The highest BCUT2D eigenvalue weighted by atomic mass is 79.9. The van der Waals surface area contributed by atoms with Gasteiger partial charge in [0.25, 0.3) is 0 Å². The van der Waals surface area contributed by atoms with E-state index in [1.165, 1.54) is 5.39 Å². The van der Waals surface area contributed by atoms with Crippen LogP contribution < -0.4 is 10.6 Å². The van der Waals surface area contributed by atoms with Crippen molar-refractivity contribution >= 4 is 73.8 Å². The Bertz CT molecular complexity index is 2810. The summed E-state index contributed by atoms with van der Waals surface area (Å²) in [5.41, 5.74) is 0.330. The van der Waals surface area contributed by atoms with Crippen molar-refractivity contribution in [1.29, 1.82) is 0 Å². The second kappa shape index (κ2) is 32.2. The van der Waals surface area contributed by atoms with Crippen LogP contribution in [0.4, 0.5) is 9.59 Å². The molecule has 83 heavy (non-hydrogen) atoms. The number of ether oxygens (including phenoxy) is 6. The lowest BCUT2D eigenvalue weighted by atomic mass is 9.72. The van der Waals surface area contributed by atoms with Crippen LogP contribution in [0.1, 0.15) is 176 Å². The predicted molar refractivity (Wildman–Crippen MR) is 332 cm³/mol. The number of nitrogens with zero attached hydrogens (tertiary/aromatic N) is 1. The summed E-state index contributed by atoms with van der Waals surface area (Å²) in [5, 5.41) is 27.9. The number of amides is 2. The number of pyridine rings is 1. The van der Waals surface area contributed by atoms with E-state index in [0.29, 0.717) is 32.3 Å². The summed E-state index contributed by atoms with van der Waals surface area (Å²) in [6.07, 6.45) is 15.6. The van der Waals surface area contributed by atoms with Crippen molar-refractivity contribution in [2.75, 3.05) is 27.9 Å². The second-order valence-corrected chi connectivity index (χ2v) is 24.4. The Morgan fingerprint density at radius 2 is 1.08 bits per heavy atom. The lowest BCUT2D eigenvalue weighted by molar-refractivity contribution is -0.155. The summed E-state index contributed by atoms with van der Waals surface area (Å²) in [6.45, 7) is 24.5. The zero-order chi connectivity index (χ0) is 61.1. The molecule has 3 aromatic carbocycles. The number of hydrogen-bond acceptors (Lipinski definition) is 12. The molecule has 0 aliphatic heterocycles. The SMILES string of the molecule is C.C=CC1(C(=O)O)CCC(OC)CC1.C=CC1(C(=O)OCC)CCC(OC)CC1.COC1CCC(/C=C/c2ccc3ccc([C@@H](C)NC(=O)OC(C)(C)C)nc3c2)(C(=O)O)CC1.C[C@@H](NC(=O)OC(C)(C)C)c1ccc2ccc(Br)cc2c1. The van der Waals surface area contributed by atoms with Crippen molar-refractivity contribution < 1.29 is 62.6 Å². The molecule has 1 heterocycles. The Hall–Kier alpha value is -6.14. The molecule has 3 saturated carbocycles. The Balaban J connectivity index is 0.000000310. The molecule has 0 radical (unpaired) electrons. The smallest absolute Gasteiger partial charge is 0.408 e. The van der Waals surface area contributed by atoms with Gasteiger partial charge in [0.2, 0.25) is 0 Å². The minimum absolute atomic E-state index is 0. The molecule has 0 bridgehead atoms. The van der Waals surface area contributed by atoms with Gasteiger partial charge in [-0.1, -0.05) is 84.1 Å². The van der Waals surface area contributed by atoms with Crippen LogP contribution >= 0.6 is 15.9 Å². The van der Waals surface area contributed by atoms with Gasteiger partial charge in [-0.25, -0.2) is 9.59 Å². The van der Waals surface area contributed by atoms with Crippen LogP contribution in [0, 0.1) is 16.2 Å². The zero-order valence-corrected chi connectivity index (χ0v) is 51.9. The minimum Gasteiger partial charge on any atom is -0.481 e. The van der Waals surface area contributed by atoms with Crippen molar-refractivity contribution in [3.05, 3.63) is 119 Å². The first-order valence-electron chi connectivity index (χ1n) is 28.4. The molecule has 2 atom stereocenters. The number of aromatic nitrogens is 1. The van der Waals surface area contributed by atoms with Gasteiger partial charge in [-0.2, -0.15) is 0 Å². The highest BCUT2D eigenvalue weighted by Crippen LogP contribution is 2.41. The van der Waals surface area contributed by atoms with Crippen molar-refractivity contribution in [1.82, 2.24) is 15.6 Å². The van der Waals surface area contributed by atoms with Gasteiger partial charge >= 0.3 is 30.1 Å². The number of alkyl carbamates (subject to hydrolysis) is 2. The topological polar surface area (TPSA) is 218 Å². The van der Waals surface area contributed by atoms with Crippen molar-refractivity contribution in [2.24, 2.45) is 16.2 Å². The van der Waals surface area contributed by atoms with E-state index >= 15 is 0 Å². The molecular weight excluding hydrogens is 1120 g/mol. The number of carbonyl (C=O) groups excluding carboxylic acids is 3. The summed E-state index contributed by atoms with van der Waals surface area (Å²) in [4.78, 5) is 63.5. The molecule has 2 amide bonds. The molecule has 1 aromatic heterocycles. The standard InChI is InChI=1S/C26H34N2O5.C17H20BrNO2.C12H20O3.C10H16O3.CH4/c1-17(27-24(31)33-25(2,3)4)21-9-8-19-7-6-18(16-22(19)28-21)10-13-26(23(29)30)14-11-20(32-5)12-15-26;1-11(19-16(20)21-17(2,3)4)13-6-5-12-7-8-15(18)10-14(12)9-13;1-4-12(11(13)15-5-2)8-6-10(14-3)7-9-12;1-3-10(9(11)12)6-4-8(13-2)5-7-10;/h6-10,13,16-17,20H,11-12,14-15H2,1-5H3,(H,27,31)(H,29,30);5-11H,1-4H3,(H,19,20);4,10H,1,5-9H2,2-3H3;3,8H,1,4-7H2,2H3,(H,11,12);1H4/b13-10+;;;;/t17-,20?,26?;11-;;;/m11.../s1. The maximum absolute atomic E-state index is 12.1. The van der Waals surface area contributed by atoms with Crippen LogP contribution in [0.3, 0.4) is 0 Å². The van der Waals surface area contributed by atoms with Gasteiger partial charge in [0, 0.05) is 31.2 Å². The highest BCUT2D eigenvalue weighted by Gasteiger charge is 2.42. The van der Waals surface area contributed by atoms with E-state index in [4.69, 9.17) is 38.5 Å². The van der Waals surface area contributed by atoms with E-state index in [1.54, 1.807) is 33.5 Å². The molecule has 0 saturated heterocycles. The zero-order valence-electron chi connectivity index (χ0n) is 50.4. The molecule has 16 nitrogen and oxygen atoms in total. The van der Waals surface area contributed by atoms with Crippen LogP contribution in [0.2, 0.25) is 0 Å². The number of halogens is 1. The predicted octanol–water partition coefficient (Wildman–Crippen LogP) is 15.5. The van der Waals surface area contributed by atoms with Crippen molar-refractivity contribution in [3.8, 4) is 0 Å². The largest absolute Gasteiger partial charge is 0.481 e. The highest BCUT2D eigenvalue weighted by molar-refractivity contribution is 9.10. The first-order chi connectivity index (χ1) is 38.6. The van der Waals surface area contributed by atoms with Gasteiger partial charge in [0.15, 0.2) is 0 Å². The number of esters is 1. The molecule has 0 spiro atoms. The fraction of sp³-hybridized carbons (Fsp3) is 0.545. The number of rotatable bonds is 15. The van der Waals surface area contributed by atoms with Crippen LogP contribution in [0.25, 0.3) is 27.8 Å². The first-order valence-corrected chi connectivity index (χ1v) is 29.2. The van der Waals surface area contributed by atoms with Gasteiger partial charge < -0.3 is 49.3 Å². The van der Waals surface area contributed by atoms with Gasteiger partial charge in [0.1, 0.15) is 11.2 Å². The van der Waals surface area contributed by atoms with Crippen molar-refractivity contribution in [2.45, 2.75) is 188 Å². The minimum atomic E-state index is -0.870. The maximum Gasteiger partial charge on any atom is 0.408 e. The average Bonchev–Trinajstić information content (AvgIpc) is 3.60. The molecule has 4 aromatic rings. The summed E-state index contributed by atoms with van der Waals surface area (Å²) < 4.78 is 32.6. The lowest BCUT2D eigenvalue weighted by Gasteiger charge is -2.35. The molecule has 0 unspecified atom stereocenters. The van der Waals surface area contributed by atoms with Gasteiger partial charge in [-0.05, 0) is 192 Å². The molecule has 3 fully saturated rings. The summed E-state index contributed by atoms with van der Waals surface area (Å²) in [7, 11) is 5.07. The fourth-order valence-corrected chi connectivity index (χ4v) is 10.5. The van der Waals surface area contributed by atoms with E-state index in [2.05, 4.69) is 64.0 Å². The Kier molecular flexibility index (Phi) is 27.6. The number of carboxylic acid groups (broad SMARTS) is 2. The number of methoxy groups -OCH3 is 3. The number of benzene rings is 3. The average molecular weight is 1220 g/mol. The summed E-state index contributed by atoms with van der Waals surface area (Å²) >= 11 is 3.48. The Morgan fingerprint density at radius 3 is 1.54 bits per heavy atom. The van der Waals surface area contributed by atoms with E-state index < -0.39 is 51.6 Å². The van der Waals surface area contributed by atoms with Gasteiger partial charge in [-0.15, -0.1) is 13.2 Å². The van der Waals surface area contributed by atoms with E-state index in [1.807, 2.05) is 117 Å². The number of fused-ring (bicyclic) bond motifs is 2. The third-order valence-corrected chi connectivity index (χ3v) is 15.9. The van der Waals surface area contributed by atoms with Crippen molar-refractivity contribution in [3.63, 3.8) is 0 Å². The number of hydrogen-bond donors (Lipinski definition) is 4. The van der Waals surface area contributed by atoms with Crippen LogP contribution in [0.5, 0.6) is 0 Å². The Morgan fingerprint density at radius 1 is 0.639 bits per heavy atom.